The van der Waals surface area contributed by atoms with E-state index in [2.05, 4.69) is 4.98 Å². The van der Waals surface area contributed by atoms with E-state index >= 15 is 0 Å². The van der Waals surface area contributed by atoms with Crippen LogP contribution in [0.4, 0.5) is 0 Å². The first-order valence-corrected chi connectivity index (χ1v) is 9.66. The third-order valence-electron chi connectivity index (χ3n) is 5.20. The molecular weight excluding hydrogens is 378 g/mol. The second-order valence-electron chi connectivity index (χ2n) is 7.15. The maximum Gasteiger partial charge on any atom is 0.255 e. The maximum atomic E-state index is 12.7. The van der Waals surface area contributed by atoms with Crippen molar-refractivity contribution in [2.24, 2.45) is 0 Å². The molecule has 0 bridgehead atoms. The molecular formula is C21H24ClN3O3. The number of ketones is 2. The van der Waals surface area contributed by atoms with Crippen LogP contribution in [0.3, 0.4) is 0 Å². The van der Waals surface area contributed by atoms with Crippen molar-refractivity contribution in [2.75, 3.05) is 32.7 Å². The van der Waals surface area contributed by atoms with Gasteiger partial charge in [-0.25, -0.2) is 0 Å². The molecule has 28 heavy (non-hydrogen) atoms. The number of amides is 1. The predicted molar refractivity (Wildman–Crippen MR) is 108 cm³/mol. The average molecular weight is 402 g/mol. The van der Waals surface area contributed by atoms with E-state index in [9.17, 15) is 14.4 Å². The van der Waals surface area contributed by atoms with Crippen LogP contribution in [0.1, 0.15) is 49.4 Å². The van der Waals surface area contributed by atoms with E-state index in [1.165, 1.54) is 6.92 Å². The van der Waals surface area contributed by atoms with Gasteiger partial charge in [0.1, 0.15) is 0 Å². The van der Waals surface area contributed by atoms with Crippen molar-refractivity contribution in [1.29, 1.82) is 0 Å². The summed E-state index contributed by atoms with van der Waals surface area (Å²) in [5.74, 6) is -0.172. The van der Waals surface area contributed by atoms with Gasteiger partial charge in [0.25, 0.3) is 5.91 Å². The number of aromatic nitrogens is 1. The summed E-state index contributed by atoms with van der Waals surface area (Å²) in [7, 11) is 0. The number of benzene rings is 1. The topological polar surface area (TPSA) is 73.5 Å². The first kappa shape index (κ1) is 20.3. The van der Waals surface area contributed by atoms with E-state index in [4.69, 9.17) is 11.6 Å². The number of carbonyl (C=O) groups is 3. The lowest BCUT2D eigenvalue weighted by Gasteiger charge is -2.34. The molecule has 1 aromatic heterocycles. The second kappa shape index (κ2) is 8.29. The van der Waals surface area contributed by atoms with E-state index in [1.54, 1.807) is 43.0 Å². The van der Waals surface area contributed by atoms with Crippen molar-refractivity contribution in [2.45, 2.75) is 20.8 Å². The fourth-order valence-electron chi connectivity index (χ4n) is 3.75. The summed E-state index contributed by atoms with van der Waals surface area (Å²) < 4.78 is 0. The SMILES string of the molecule is CC(=O)c1c(C)[nH]c(C(=O)CN2CCN(C(=O)c3ccccc3Cl)CC2)c1C. The number of hydrogen-bond donors (Lipinski definition) is 1. The molecule has 1 aliphatic rings. The predicted octanol–water partition coefficient (Wildman–Crippen LogP) is 3.13. The van der Waals surface area contributed by atoms with Crippen LogP contribution in [-0.4, -0.2) is 65.0 Å². The highest BCUT2D eigenvalue weighted by Gasteiger charge is 2.26. The van der Waals surface area contributed by atoms with E-state index < -0.39 is 0 Å². The Hall–Kier alpha value is -2.44. The van der Waals surface area contributed by atoms with Gasteiger partial charge in [0.15, 0.2) is 11.6 Å². The molecule has 1 amide bonds. The Morgan fingerprint density at radius 2 is 1.71 bits per heavy atom. The fraction of sp³-hybridized carbons (Fsp3) is 0.381. The maximum absolute atomic E-state index is 12.7. The molecule has 3 rings (SSSR count). The Morgan fingerprint density at radius 3 is 2.29 bits per heavy atom. The summed E-state index contributed by atoms with van der Waals surface area (Å²) in [6.45, 7) is 7.67. The van der Waals surface area contributed by atoms with Crippen LogP contribution in [0.25, 0.3) is 0 Å². The molecule has 0 aliphatic carbocycles. The monoisotopic (exact) mass is 401 g/mol. The Bertz CT molecular complexity index is 927. The van der Waals surface area contributed by atoms with Gasteiger partial charge in [0.2, 0.25) is 0 Å². The number of carbonyl (C=O) groups excluding carboxylic acids is 3. The summed E-state index contributed by atoms with van der Waals surface area (Å²) >= 11 is 6.13. The van der Waals surface area contributed by atoms with Crippen molar-refractivity contribution >= 4 is 29.1 Å². The summed E-state index contributed by atoms with van der Waals surface area (Å²) in [5, 5.41) is 0.448. The van der Waals surface area contributed by atoms with Crippen molar-refractivity contribution in [1.82, 2.24) is 14.8 Å². The summed E-state index contributed by atoms with van der Waals surface area (Å²) in [5.41, 5.74) is 3.03. The quantitative estimate of drug-likeness (QED) is 0.781. The zero-order chi connectivity index (χ0) is 20.4. The van der Waals surface area contributed by atoms with E-state index in [-0.39, 0.29) is 24.0 Å². The largest absolute Gasteiger partial charge is 0.355 e. The van der Waals surface area contributed by atoms with E-state index in [0.29, 0.717) is 53.6 Å². The minimum Gasteiger partial charge on any atom is -0.355 e. The Balaban J connectivity index is 1.61. The van der Waals surface area contributed by atoms with Crippen molar-refractivity contribution < 1.29 is 14.4 Å². The number of halogens is 1. The number of H-pyrrole nitrogens is 1. The van der Waals surface area contributed by atoms with Crippen LogP contribution in [-0.2, 0) is 0 Å². The number of Topliss-reactive ketones (excluding diaryl/α,β-unsaturated/α-hetero) is 2. The first-order valence-electron chi connectivity index (χ1n) is 9.29. The molecule has 1 fully saturated rings. The minimum atomic E-state index is -0.0847. The standard InChI is InChI=1S/C21H24ClN3O3/c1-13-19(15(3)26)14(2)23-20(13)18(27)12-24-8-10-25(11-9-24)21(28)16-6-4-5-7-17(16)22/h4-7,23H,8-12H2,1-3H3. The molecule has 6 nitrogen and oxygen atoms in total. The lowest BCUT2D eigenvalue weighted by Crippen LogP contribution is -2.50. The van der Waals surface area contributed by atoms with Crippen LogP contribution in [0, 0.1) is 13.8 Å². The summed E-state index contributed by atoms with van der Waals surface area (Å²) in [6.07, 6.45) is 0. The molecule has 0 radical (unpaired) electrons. The van der Waals surface area contributed by atoms with Gasteiger partial charge in [0.05, 0.1) is 22.8 Å². The van der Waals surface area contributed by atoms with Crippen LogP contribution in [0.2, 0.25) is 5.02 Å². The van der Waals surface area contributed by atoms with Crippen molar-refractivity contribution in [3.63, 3.8) is 0 Å². The number of nitrogens with one attached hydrogen (secondary N) is 1. The molecule has 2 heterocycles. The van der Waals surface area contributed by atoms with Gasteiger partial charge >= 0.3 is 0 Å². The average Bonchev–Trinajstić information content (AvgIpc) is 2.96. The Kier molecular flexibility index (Phi) is 6.01. The first-order chi connectivity index (χ1) is 13.3. The molecule has 0 atom stereocenters. The third kappa shape index (κ3) is 4.03. The molecule has 1 N–H and O–H groups in total. The number of nitrogens with zero attached hydrogens (tertiary/aromatic N) is 2. The molecule has 0 unspecified atom stereocenters. The van der Waals surface area contributed by atoms with Crippen molar-refractivity contribution in [3.05, 3.63) is 57.4 Å². The van der Waals surface area contributed by atoms with Crippen LogP contribution in [0.15, 0.2) is 24.3 Å². The van der Waals surface area contributed by atoms with Crippen LogP contribution >= 0.6 is 11.6 Å². The molecule has 0 spiro atoms. The number of aryl methyl sites for hydroxylation is 1. The lowest BCUT2D eigenvalue weighted by atomic mass is 10.1. The normalized spacial score (nSPS) is 14.9. The molecule has 2 aromatic rings. The Labute approximate surface area is 169 Å². The zero-order valence-corrected chi connectivity index (χ0v) is 17.1. The molecule has 1 aliphatic heterocycles. The zero-order valence-electron chi connectivity index (χ0n) is 16.3. The van der Waals surface area contributed by atoms with Gasteiger partial charge in [-0.2, -0.15) is 0 Å². The molecule has 1 saturated heterocycles. The van der Waals surface area contributed by atoms with Gasteiger partial charge in [-0.1, -0.05) is 23.7 Å². The van der Waals surface area contributed by atoms with E-state index in [0.717, 1.165) is 5.69 Å². The van der Waals surface area contributed by atoms with Gasteiger partial charge < -0.3 is 9.88 Å². The number of hydrogen-bond acceptors (Lipinski definition) is 4. The minimum absolute atomic E-state index is 0.0426. The van der Waals surface area contributed by atoms with Crippen LogP contribution in [0.5, 0.6) is 0 Å². The fourth-order valence-corrected chi connectivity index (χ4v) is 3.97. The van der Waals surface area contributed by atoms with Crippen molar-refractivity contribution in [3.8, 4) is 0 Å². The van der Waals surface area contributed by atoms with Gasteiger partial charge in [-0.05, 0) is 38.5 Å². The highest BCUT2D eigenvalue weighted by Crippen LogP contribution is 2.20. The molecule has 148 valence electrons. The summed E-state index contributed by atoms with van der Waals surface area (Å²) in [6, 6.07) is 7.03. The number of piperazine rings is 1. The molecule has 0 saturated carbocycles. The van der Waals surface area contributed by atoms with Gasteiger partial charge in [-0.3, -0.25) is 19.3 Å². The smallest absolute Gasteiger partial charge is 0.255 e. The summed E-state index contributed by atoms with van der Waals surface area (Å²) in [4.78, 5) is 44.0. The molecule has 7 heteroatoms. The Morgan fingerprint density at radius 1 is 1.07 bits per heavy atom. The van der Waals surface area contributed by atoms with E-state index in [1.807, 2.05) is 4.90 Å². The second-order valence-corrected chi connectivity index (χ2v) is 7.56. The molecule has 1 aromatic carbocycles. The van der Waals surface area contributed by atoms with Crippen LogP contribution < -0.4 is 0 Å². The van der Waals surface area contributed by atoms with Gasteiger partial charge in [0, 0.05) is 37.4 Å². The lowest BCUT2D eigenvalue weighted by molar-refractivity contribution is 0.0623. The third-order valence-corrected chi connectivity index (χ3v) is 5.53. The number of rotatable bonds is 5. The number of aromatic amines is 1. The van der Waals surface area contributed by atoms with Gasteiger partial charge in [-0.15, -0.1) is 0 Å². The highest BCUT2D eigenvalue weighted by atomic mass is 35.5. The highest BCUT2D eigenvalue weighted by molar-refractivity contribution is 6.33.